The molecule has 0 saturated carbocycles. The summed E-state index contributed by atoms with van der Waals surface area (Å²) in [6.07, 6.45) is 1.69. The molecule has 3 aromatic carbocycles. The first kappa shape index (κ1) is 25.0. The van der Waals surface area contributed by atoms with E-state index in [1.807, 2.05) is 19.1 Å². The number of anilines is 2. The van der Waals surface area contributed by atoms with E-state index in [-0.39, 0.29) is 34.9 Å². The van der Waals surface area contributed by atoms with E-state index in [1.54, 1.807) is 18.2 Å². The lowest BCUT2D eigenvalue weighted by atomic mass is 10.1. The van der Waals surface area contributed by atoms with Crippen molar-refractivity contribution in [2.24, 2.45) is 0 Å². The van der Waals surface area contributed by atoms with Crippen LogP contribution in [0.1, 0.15) is 28.4 Å². The Morgan fingerprint density at radius 3 is 2.15 bits per heavy atom. The Morgan fingerprint density at radius 1 is 0.971 bits per heavy atom. The Kier molecular flexibility index (Phi) is 7.78. The van der Waals surface area contributed by atoms with Crippen LogP contribution >= 0.6 is 0 Å². The van der Waals surface area contributed by atoms with Crippen LogP contribution in [0.5, 0.6) is 11.5 Å². The molecule has 0 aromatic heterocycles. The zero-order valence-electron chi connectivity index (χ0n) is 19.5. The van der Waals surface area contributed by atoms with Crippen LogP contribution in [-0.2, 0) is 23.0 Å². The van der Waals surface area contributed by atoms with Gasteiger partial charge < -0.3 is 14.8 Å². The zero-order valence-corrected chi connectivity index (χ0v) is 20.3. The molecular formula is C25H27FN2O5S. The van der Waals surface area contributed by atoms with Crippen LogP contribution < -0.4 is 19.1 Å². The lowest BCUT2D eigenvalue weighted by Gasteiger charge is -2.26. The quantitative estimate of drug-likeness (QED) is 0.477. The van der Waals surface area contributed by atoms with Crippen molar-refractivity contribution in [3.63, 3.8) is 0 Å². The number of carbonyl (C=O) groups is 1. The summed E-state index contributed by atoms with van der Waals surface area (Å²) in [5.74, 6) is -0.622. The fraction of sp³-hybridized carbons (Fsp3) is 0.240. The molecule has 0 atom stereocenters. The van der Waals surface area contributed by atoms with Crippen molar-refractivity contribution in [2.75, 3.05) is 30.1 Å². The lowest BCUT2D eigenvalue weighted by Crippen LogP contribution is -2.32. The van der Waals surface area contributed by atoms with Crippen LogP contribution in [0.2, 0.25) is 0 Å². The number of methoxy groups -OCH3 is 2. The van der Waals surface area contributed by atoms with Crippen LogP contribution in [-0.4, -0.2) is 34.8 Å². The van der Waals surface area contributed by atoms with Crippen molar-refractivity contribution < 1.29 is 27.1 Å². The van der Waals surface area contributed by atoms with E-state index in [0.717, 1.165) is 16.1 Å². The molecule has 0 saturated heterocycles. The van der Waals surface area contributed by atoms with E-state index in [1.165, 1.54) is 44.6 Å². The fourth-order valence-electron chi connectivity index (χ4n) is 3.56. The topological polar surface area (TPSA) is 84.9 Å². The molecule has 1 N–H and O–H groups in total. The highest BCUT2D eigenvalue weighted by molar-refractivity contribution is 7.92. The van der Waals surface area contributed by atoms with Gasteiger partial charge in [0.25, 0.3) is 5.91 Å². The number of hydrogen-bond donors (Lipinski definition) is 1. The third-order valence-corrected chi connectivity index (χ3v) is 6.46. The summed E-state index contributed by atoms with van der Waals surface area (Å²) in [7, 11) is -1.11. The average molecular weight is 487 g/mol. The van der Waals surface area contributed by atoms with Crippen molar-refractivity contribution in [3.05, 3.63) is 83.2 Å². The van der Waals surface area contributed by atoms with Gasteiger partial charge in [-0.05, 0) is 30.2 Å². The van der Waals surface area contributed by atoms with Gasteiger partial charge in [-0.3, -0.25) is 9.10 Å². The van der Waals surface area contributed by atoms with Crippen LogP contribution in [0, 0.1) is 5.82 Å². The maximum atomic E-state index is 14.4. The number of amides is 1. The minimum atomic E-state index is -3.93. The number of nitrogens with zero attached hydrogens (tertiary/aromatic N) is 1. The van der Waals surface area contributed by atoms with Gasteiger partial charge in [-0.2, -0.15) is 0 Å². The number of para-hydroxylation sites is 1. The van der Waals surface area contributed by atoms with E-state index >= 15 is 0 Å². The van der Waals surface area contributed by atoms with Crippen LogP contribution in [0.4, 0.5) is 15.8 Å². The number of rotatable bonds is 9. The van der Waals surface area contributed by atoms with E-state index in [0.29, 0.717) is 12.1 Å². The highest BCUT2D eigenvalue weighted by atomic mass is 32.2. The number of halogens is 1. The highest BCUT2D eigenvalue weighted by Gasteiger charge is 2.27. The third kappa shape index (κ3) is 5.48. The van der Waals surface area contributed by atoms with E-state index in [4.69, 9.17) is 9.47 Å². The fourth-order valence-corrected chi connectivity index (χ4v) is 4.44. The number of carbonyl (C=O) groups excluding carboxylic acids is 1. The Labute approximate surface area is 199 Å². The molecule has 0 spiro atoms. The number of aryl methyl sites for hydroxylation is 1. The molecule has 0 aliphatic rings. The molecule has 34 heavy (non-hydrogen) atoms. The first-order chi connectivity index (χ1) is 16.2. The summed E-state index contributed by atoms with van der Waals surface area (Å²) in [6.45, 7) is 1.65. The van der Waals surface area contributed by atoms with Gasteiger partial charge in [-0.1, -0.05) is 43.3 Å². The van der Waals surface area contributed by atoms with Gasteiger partial charge in [0.05, 0.1) is 38.3 Å². The van der Waals surface area contributed by atoms with E-state index in [9.17, 15) is 17.6 Å². The molecule has 0 unspecified atom stereocenters. The summed E-state index contributed by atoms with van der Waals surface area (Å²) >= 11 is 0. The predicted octanol–water partition coefficient (Wildman–Crippen LogP) is 4.62. The van der Waals surface area contributed by atoms with Gasteiger partial charge in [0.1, 0.15) is 5.82 Å². The Morgan fingerprint density at radius 2 is 1.56 bits per heavy atom. The van der Waals surface area contributed by atoms with Gasteiger partial charge >= 0.3 is 0 Å². The Balaban J connectivity index is 2.17. The molecule has 3 aromatic rings. The van der Waals surface area contributed by atoms with E-state index in [2.05, 4.69) is 5.32 Å². The summed E-state index contributed by atoms with van der Waals surface area (Å²) < 4.78 is 51.8. The molecular weight excluding hydrogens is 459 g/mol. The molecule has 9 heteroatoms. The van der Waals surface area contributed by atoms with Gasteiger partial charge in [0.2, 0.25) is 10.0 Å². The smallest absolute Gasteiger partial charge is 0.257 e. The average Bonchev–Trinajstić information content (AvgIpc) is 2.82. The van der Waals surface area contributed by atoms with Gasteiger partial charge in [-0.15, -0.1) is 0 Å². The van der Waals surface area contributed by atoms with Gasteiger partial charge in [0, 0.05) is 17.3 Å². The Bertz CT molecular complexity index is 1290. The summed E-state index contributed by atoms with van der Waals surface area (Å²) in [6, 6.07) is 16.0. The number of nitrogens with one attached hydrogen (secondary N) is 1. The monoisotopic (exact) mass is 486 g/mol. The third-order valence-electron chi connectivity index (χ3n) is 5.33. The predicted molar refractivity (Wildman–Crippen MR) is 131 cm³/mol. The SMILES string of the molecule is CCc1ccccc1NC(=O)c1cc(OC)c(OC)cc1N(Cc1ccccc1F)S(C)(=O)=O. The molecule has 180 valence electrons. The largest absolute Gasteiger partial charge is 0.493 e. The first-order valence-corrected chi connectivity index (χ1v) is 12.4. The normalized spacial score (nSPS) is 11.1. The number of hydrogen-bond acceptors (Lipinski definition) is 5. The van der Waals surface area contributed by atoms with Crippen molar-refractivity contribution in [1.29, 1.82) is 0 Å². The highest BCUT2D eigenvalue weighted by Crippen LogP contribution is 2.37. The van der Waals surface area contributed by atoms with E-state index < -0.39 is 21.7 Å². The second-order valence-corrected chi connectivity index (χ2v) is 9.46. The molecule has 0 bridgehead atoms. The first-order valence-electron chi connectivity index (χ1n) is 10.6. The summed E-state index contributed by atoms with van der Waals surface area (Å²) in [4.78, 5) is 13.4. The molecule has 0 aliphatic carbocycles. The standard InChI is InChI=1S/C25H27FN2O5S/c1-5-17-10-7-9-13-21(17)27-25(29)19-14-23(32-2)24(33-3)15-22(19)28(34(4,30)31)16-18-11-6-8-12-20(18)26/h6-15H,5,16H2,1-4H3,(H,27,29). The maximum absolute atomic E-state index is 14.4. The lowest BCUT2D eigenvalue weighted by molar-refractivity contribution is 0.102. The second-order valence-electron chi connectivity index (χ2n) is 7.55. The second kappa shape index (κ2) is 10.6. The maximum Gasteiger partial charge on any atom is 0.257 e. The zero-order chi connectivity index (χ0) is 24.9. The summed E-state index contributed by atoms with van der Waals surface area (Å²) in [5.41, 5.74) is 1.76. The number of ether oxygens (including phenoxy) is 2. The molecule has 0 aliphatic heterocycles. The molecule has 3 rings (SSSR count). The molecule has 1 amide bonds. The van der Waals surface area contributed by atoms with Crippen LogP contribution in [0.25, 0.3) is 0 Å². The van der Waals surface area contributed by atoms with Crippen LogP contribution in [0.15, 0.2) is 60.7 Å². The number of sulfonamides is 1. The van der Waals surface area contributed by atoms with Gasteiger partial charge in [0.15, 0.2) is 11.5 Å². The van der Waals surface area contributed by atoms with Crippen molar-refractivity contribution >= 4 is 27.3 Å². The van der Waals surface area contributed by atoms with Crippen molar-refractivity contribution in [3.8, 4) is 11.5 Å². The summed E-state index contributed by atoms with van der Waals surface area (Å²) in [5, 5.41) is 2.86. The van der Waals surface area contributed by atoms with Crippen molar-refractivity contribution in [2.45, 2.75) is 19.9 Å². The minimum Gasteiger partial charge on any atom is -0.493 e. The minimum absolute atomic E-state index is 0.0327. The molecule has 0 radical (unpaired) electrons. The van der Waals surface area contributed by atoms with Crippen LogP contribution in [0.3, 0.4) is 0 Å². The molecule has 0 heterocycles. The van der Waals surface area contributed by atoms with Crippen molar-refractivity contribution in [1.82, 2.24) is 0 Å². The Hall–Kier alpha value is -3.59. The number of benzene rings is 3. The van der Waals surface area contributed by atoms with Gasteiger partial charge in [-0.25, -0.2) is 12.8 Å². The molecule has 0 fully saturated rings. The molecule has 7 nitrogen and oxygen atoms in total.